The third kappa shape index (κ3) is 4.49. The van der Waals surface area contributed by atoms with Crippen LogP contribution in [0.15, 0.2) is 53.4 Å². The number of hydrogen-bond acceptors (Lipinski definition) is 7. The Morgan fingerprint density at radius 2 is 1.77 bits per heavy atom. The second-order valence-corrected chi connectivity index (χ2v) is 8.51. The summed E-state index contributed by atoms with van der Waals surface area (Å²) in [7, 11) is 0. The van der Waals surface area contributed by atoms with E-state index in [1.54, 1.807) is 24.5 Å². The van der Waals surface area contributed by atoms with Crippen molar-refractivity contribution in [3.63, 3.8) is 0 Å². The second kappa shape index (κ2) is 8.69. The van der Waals surface area contributed by atoms with Crippen molar-refractivity contribution in [1.82, 2.24) is 15.0 Å². The summed E-state index contributed by atoms with van der Waals surface area (Å²) in [6.07, 6.45) is 4.99. The highest BCUT2D eigenvalue weighted by molar-refractivity contribution is 7.16. The molecule has 4 heterocycles. The monoisotopic (exact) mass is 433 g/mol. The number of aromatic nitrogens is 3. The first-order chi connectivity index (χ1) is 14.9. The van der Waals surface area contributed by atoms with Gasteiger partial charge in [-0.1, -0.05) is 0 Å². The van der Waals surface area contributed by atoms with E-state index >= 15 is 0 Å². The fraction of sp³-hybridized carbons (Fsp3) is 0.217. The highest BCUT2D eigenvalue weighted by Gasteiger charge is 2.26. The van der Waals surface area contributed by atoms with Crippen LogP contribution in [-0.2, 0) is 0 Å². The fourth-order valence-corrected chi connectivity index (χ4v) is 4.55. The molecule has 0 spiro atoms. The fourth-order valence-electron chi connectivity index (χ4n) is 3.46. The number of pyridine rings is 1. The number of nitrogens with zero attached hydrogens (tertiary/aromatic N) is 3. The smallest absolute Gasteiger partial charge is 0.291 e. The lowest BCUT2D eigenvalue weighted by atomic mass is 9.97. The maximum absolute atomic E-state index is 12.7. The molecule has 2 N–H and O–H groups in total. The molecule has 0 bridgehead atoms. The lowest BCUT2D eigenvalue weighted by molar-refractivity contribution is 0.0997. The van der Waals surface area contributed by atoms with Crippen molar-refractivity contribution in [2.24, 2.45) is 0 Å². The molecule has 1 atom stereocenters. The molecule has 7 nitrogen and oxygen atoms in total. The number of nitrogens with one attached hydrogen (secondary N) is 2. The van der Waals surface area contributed by atoms with Gasteiger partial charge in [-0.05, 0) is 69.2 Å². The van der Waals surface area contributed by atoms with E-state index in [0.29, 0.717) is 5.95 Å². The first-order valence-corrected chi connectivity index (χ1v) is 10.7. The summed E-state index contributed by atoms with van der Waals surface area (Å²) < 4.78 is 5.26. The number of aryl methyl sites for hydroxylation is 3. The molecule has 4 rings (SSSR count). The molecular weight excluding hydrogens is 410 g/mol. The van der Waals surface area contributed by atoms with Crippen LogP contribution >= 0.6 is 11.3 Å². The van der Waals surface area contributed by atoms with Crippen LogP contribution in [-0.4, -0.2) is 20.9 Å². The minimum absolute atomic E-state index is 0.265. The van der Waals surface area contributed by atoms with Crippen molar-refractivity contribution in [3.05, 3.63) is 87.7 Å². The van der Waals surface area contributed by atoms with Gasteiger partial charge >= 0.3 is 0 Å². The molecule has 8 heteroatoms. The van der Waals surface area contributed by atoms with Crippen LogP contribution in [0, 0.1) is 27.7 Å². The Labute approximate surface area is 184 Å². The summed E-state index contributed by atoms with van der Waals surface area (Å²) in [6, 6.07) is 8.89. The van der Waals surface area contributed by atoms with Gasteiger partial charge < -0.3 is 15.1 Å². The topological polar surface area (TPSA) is 92.9 Å². The van der Waals surface area contributed by atoms with Gasteiger partial charge in [0, 0.05) is 34.2 Å². The van der Waals surface area contributed by atoms with Gasteiger partial charge in [0.2, 0.25) is 5.95 Å². The summed E-state index contributed by atoms with van der Waals surface area (Å²) in [5.74, 6) is 0.509. The number of amides is 1. The van der Waals surface area contributed by atoms with Gasteiger partial charge in [-0.2, -0.15) is 0 Å². The number of thiophene rings is 1. The van der Waals surface area contributed by atoms with E-state index in [1.165, 1.54) is 17.6 Å². The number of anilines is 2. The van der Waals surface area contributed by atoms with E-state index < -0.39 is 0 Å². The van der Waals surface area contributed by atoms with Gasteiger partial charge in [-0.25, -0.2) is 9.97 Å². The molecule has 0 aliphatic carbocycles. The maximum Gasteiger partial charge on any atom is 0.291 e. The van der Waals surface area contributed by atoms with E-state index in [2.05, 4.69) is 32.5 Å². The Kier molecular flexibility index (Phi) is 5.81. The molecule has 0 unspecified atom stereocenters. The summed E-state index contributed by atoms with van der Waals surface area (Å²) >= 11 is 1.54. The van der Waals surface area contributed by atoms with E-state index in [4.69, 9.17) is 4.42 Å². The van der Waals surface area contributed by atoms with Gasteiger partial charge in [0.1, 0.15) is 5.00 Å². The molecule has 0 aromatic carbocycles. The summed E-state index contributed by atoms with van der Waals surface area (Å²) in [5.41, 5.74) is 4.82. The number of hydrogen-bond donors (Lipinski definition) is 2. The molecule has 4 aromatic rings. The second-order valence-electron chi connectivity index (χ2n) is 7.29. The normalized spacial score (nSPS) is 11.9. The summed E-state index contributed by atoms with van der Waals surface area (Å²) in [4.78, 5) is 27.1. The maximum atomic E-state index is 12.7. The number of rotatable bonds is 6. The van der Waals surface area contributed by atoms with Crippen molar-refractivity contribution in [2.45, 2.75) is 33.7 Å². The van der Waals surface area contributed by atoms with Crippen LogP contribution in [0.2, 0.25) is 0 Å². The van der Waals surface area contributed by atoms with Crippen molar-refractivity contribution < 1.29 is 9.21 Å². The molecule has 0 aliphatic rings. The molecule has 0 saturated heterocycles. The highest BCUT2D eigenvalue weighted by Crippen LogP contribution is 2.40. The van der Waals surface area contributed by atoms with Crippen LogP contribution in [0.25, 0.3) is 0 Å². The Hall–Kier alpha value is -3.52. The van der Waals surface area contributed by atoms with Crippen LogP contribution in [0.3, 0.4) is 0 Å². The molecule has 0 aliphatic heterocycles. The minimum atomic E-state index is -0.288. The minimum Gasteiger partial charge on any atom is -0.459 e. The van der Waals surface area contributed by atoms with Gasteiger partial charge in [0.15, 0.2) is 5.76 Å². The zero-order valence-corrected chi connectivity index (χ0v) is 18.6. The van der Waals surface area contributed by atoms with E-state index in [-0.39, 0.29) is 17.7 Å². The van der Waals surface area contributed by atoms with Crippen molar-refractivity contribution in [3.8, 4) is 0 Å². The van der Waals surface area contributed by atoms with Crippen LogP contribution in [0.4, 0.5) is 10.9 Å². The Morgan fingerprint density at radius 3 is 2.42 bits per heavy atom. The standard InChI is InChI=1S/C23H23N5O2S/c1-13-12-14(2)26-23(25-13)27-20(17-7-9-24-10-8-17)19-15(3)16(4)31-22(19)28-21(29)18-6-5-11-30-18/h5-12,20H,1-4H3,(H,28,29)(H,25,26,27)/t20-/m1/s1. The summed E-state index contributed by atoms with van der Waals surface area (Å²) in [5, 5.41) is 7.26. The lowest BCUT2D eigenvalue weighted by Gasteiger charge is -2.22. The van der Waals surface area contributed by atoms with Crippen molar-refractivity contribution in [1.29, 1.82) is 0 Å². The zero-order chi connectivity index (χ0) is 22.0. The number of carbonyl (C=O) groups is 1. The third-order valence-corrected chi connectivity index (χ3v) is 6.13. The Morgan fingerprint density at radius 1 is 1.06 bits per heavy atom. The van der Waals surface area contributed by atoms with Crippen LogP contribution in [0.1, 0.15) is 49.6 Å². The first-order valence-electron chi connectivity index (χ1n) is 9.86. The largest absolute Gasteiger partial charge is 0.459 e. The van der Waals surface area contributed by atoms with Crippen LogP contribution < -0.4 is 10.6 Å². The zero-order valence-electron chi connectivity index (χ0n) is 17.8. The average molecular weight is 434 g/mol. The Bertz CT molecular complexity index is 1180. The average Bonchev–Trinajstić information content (AvgIpc) is 3.36. The van der Waals surface area contributed by atoms with Gasteiger partial charge in [-0.3, -0.25) is 9.78 Å². The number of furan rings is 1. The first kappa shape index (κ1) is 20.7. The number of carbonyl (C=O) groups excluding carboxylic acids is 1. The van der Waals surface area contributed by atoms with E-state index in [1.807, 2.05) is 39.0 Å². The van der Waals surface area contributed by atoms with Crippen molar-refractivity contribution in [2.75, 3.05) is 10.6 Å². The van der Waals surface area contributed by atoms with Gasteiger partial charge in [0.05, 0.1) is 12.3 Å². The molecule has 4 aromatic heterocycles. The lowest BCUT2D eigenvalue weighted by Crippen LogP contribution is -2.18. The molecule has 31 heavy (non-hydrogen) atoms. The SMILES string of the molecule is Cc1cc(C)nc(N[C@H](c2ccncc2)c2c(NC(=O)c3ccco3)sc(C)c2C)n1. The summed E-state index contributed by atoms with van der Waals surface area (Å²) in [6.45, 7) is 7.98. The highest BCUT2D eigenvalue weighted by atomic mass is 32.1. The van der Waals surface area contributed by atoms with Gasteiger partial charge in [0.25, 0.3) is 5.91 Å². The molecular formula is C23H23N5O2S. The predicted molar refractivity (Wildman–Crippen MR) is 122 cm³/mol. The van der Waals surface area contributed by atoms with E-state index in [0.717, 1.165) is 38.0 Å². The van der Waals surface area contributed by atoms with Crippen molar-refractivity contribution >= 4 is 28.2 Å². The van der Waals surface area contributed by atoms with E-state index in [9.17, 15) is 4.79 Å². The third-order valence-electron chi connectivity index (χ3n) is 4.99. The predicted octanol–water partition coefficient (Wildman–Crippen LogP) is 5.21. The Balaban J connectivity index is 1.78. The van der Waals surface area contributed by atoms with Crippen LogP contribution in [0.5, 0.6) is 0 Å². The molecule has 1 amide bonds. The molecule has 0 saturated carbocycles. The molecule has 0 radical (unpaired) electrons. The molecule has 158 valence electrons. The van der Waals surface area contributed by atoms with Gasteiger partial charge in [-0.15, -0.1) is 11.3 Å². The quantitative estimate of drug-likeness (QED) is 0.433. The molecule has 0 fully saturated rings.